The molecule has 0 aromatic carbocycles. The normalized spacial score (nSPS) is 27.8. The van der Waals surface area contributed by atoms with Gasteiger partial charge in [-0.15, -0.1) is 0 Å². The van der Waals surface area contributed by atoms with Gasteiger partial charge in [-0.2, -0.15) is 0 Å². The first-order valence-corrected chi connectivity index (χ1v) is 7.14. The molecular weight excluding hydrogens is 230 g/mol. The van der Waals surface area contributed by atoms with E-state index in [-0.39, 0.29) is 5.41 Å². The first-order chi connectivity index (χ1) is 8.75. The molecule has 1 heterocycles. The average Bonchev–Trinajstić information content (AvgIpc) is 2.73. The molecule has 0 radical (unpaired) electrons. The van der Waals surface area contributed by atoms with E-state index in [0.717, 1.165) is 58.8 Å². The second-order valence-electron chi connectivity index (χ2n) is 5.11. The lowest BCUT2D eigenvalue weighted by Crippen LogP contribution is -2.40. The number of methoxy groups -OCH3 is 1. The molecule has 1 rings (SSSR count). The first kappa shape index (κ1) is 15.9. The maximum atomic E-state index is 5.75. The Kier molecular flexibility index (Phi) is 7.82. The highest BCUT2D eigenvalue weighted by Gasteiger charge is 2.40. The van der Waals surface area contributed by atoms with E-state index in [9.17, 15) is 0 Å². The van der Waals surface area contributed by atoms with E-state index in [1.165, 1.54) is 0 Å². The van der Waals surface area contributed by atoms with E-state index < -0.39 is 0 Å². The minimum absolute atomic E-state index is 0.261. The van der Waals surface area contributed by atoms with Gasteiger partial charge in [-0.05, 0) is 32.7 Å². The standard InChI is InChI=1S/C14H29NO3/c1-4-15-12-14(7-11-18-13(14)2)6-10-17-9-5-8-16-3/h13,15H,4-12H2,1-3H3. The molecule has 4 heteroatoms. The fourth-order valence-corrected chi connectivity index (χ4v) is 2.52. The van der Waals surface area contributed by atoms with Crippen molar-refractivity contribution in [2.75, 3.05) is 46.6 Å². The number of hydrogen-bond acceptors (Lipinski definition) is 4. The Morgan fingerprint density at radius 2 is 2.17 bits per heavy atom. The largest absolute Gasteiger partial charge is 0.385 e. The van der Waals surface area contributed by atoms with Crippen LogP contribution in [0, 0.1) is 5.41 Å². The van der Waals surface area contributed by atoms with Crippen LogP contribution in [0.25, 0.3) is 0 Å². The fraction of sp³-hybridized carbons (Fsp3) is 1.00. The summed E-state index contributed by atoms with van der Waals surface area (Å²) in [7, 11) is 1.73. The lowest BCUT2D eigenvalue weighted by atomic mass is 9.78. The van der Waals surface area contributed by atoms with Crippen LogP contribution in [0.2, 0.25) is 0 Å². The van der Waals surface area contributed by atoms with Crippen LogP contribution in [-0.4, -0.2) is 52.7 Å². The third-order valence-electron chi connectivity index (χ3n) is 3.94. The van der Waals surface area contributed by atoms with Crippen molar-refractivity contribution < 1.29 is 14.2 Å². The fourth-order valence-electron chi connectivity index (χ4n) is 2.52. The summed E-state index contributed by atoms with van der Waals surface area (Å²) in [5.74, 6) is 0. The van der Waals surface area contributed by atoms with E-state index in [2.05, 4.69) is 19.2 Å². The molecule has 0 aromatic rings. The summed E-state index contributed by atoms with van der Waals surface area (Å²) in [6.07, 6.45) is 3.53. The molecule has 0 bridgehead atoms. The molecule has 2 unspecified atom stereocenters. The molecule has 1 aliphatic rings. The van der Waals surface area contributed by atoms with E-state index in [1.807, 2.05) is 0 Å². The van der Waals surface area contributed by atoms with Crippen molar-refractivity contribution in [3.8, 4) is 0 Å². The van der Waals surface area contributed by atoms with Crippen molar-refractivity contribution in [2.45, 2.75) is 39.2 Å². The van der Waals surface area contributed by atoms with Crippen LogP contribution in [0.5, 0.6) is 0 Å². The van der Waals surface area contributed by atoms with Gasteiger partial charge in [0.15, 0.2) is 0 Å². The van der Waals surface area contributed by atoms with Crippen LogP contribution in [0.1, 0.15) is 33.1 Å². The molecule has 0 aliphatic carbocycles. The second kappa shape index (κ2) is 8.86. The van der Waals surface area contributed by atoms with Crippen LogP contribution in [0.4, 0.5) is 0 Å². The molecular formula is C14H29NO3. The third-order valence-corrected chi connectivity index (χ3v) is 3.94. The quantitative estimate of drug-likeness (QED) is 0.608. The molecule has 1 aliphatic heterocycles. The van der Waals surface area contributed by atoms with E-state index in [1.54, 1.807) is 7.11 Å². The Morgan fingerprint density at radius 3 is 2.78 bits per heavy atom. The zero-order valence-electron chi connectivity index (χ0n) is 12.2. The van der Waals surface area contributed by atoms with E-state index >= 15 is 0 Å². The SMILES string of the molecule is CCNCC1(CCOCCCOC)CCOC1C. The lowest BCUT2D eigenvalue weighted by molar-refractivity contribution is 0.0297. The minimum atomic E-state index is 0.261. The van der Waals surface area contributed by atoms with Gasteiger partial charge in [0.2, 0.25) is 0 Å². The van der Waals surface area contributed by atoms with Gasteiger partial charge < -0.3 is 19.5 Å². The molecule has 1 fully saturated rings. The van der Waals surface area contributed by atoms with E-state index in [4.69, 9.17) is 14.2 Å². The summed E-state index contributed by atoms with van der Waals surface area (Å²) < 4.78 is 16.4. The van der Waals surface area contributed by atoms with Gasteiger partial charge in [0.25, 0.3) is 0 Å². The minimum Gasteiger partial charge on any atom is -0.385 e. The molecule has 0 saturated carbocycles. The predicted molar refractivity (Wildman–Crippen MR) is 72.9 cm³/mol. The summed E-state index contributed by atoms with van der Waals surface area (Å²) in [6, 6.07) is 0. The van der Waals surface area contributed by atoms with Crippen molar-refractivity contribution in [2.24, 2.45) is 5.41 Å². The van der Waals surface area contributed by atoms with Gasteiger partial charge in [0.05, 0.1) is 6.10 Å². The second-order valence-corrected chi connectivity index (χ2v) is 5.11. The highest BCUT2D eigenvalue weighted by Crippen LogP contribution is 2.37. The van der Waals surface area contributed by atoms with Gasteiger partial charge in [-0.3, -0.25) is 0 Å². The summed E-state index contributed by atoms with van der Waals surface area (Å²) >= 11 is 0. The molecule has 0 amide bonds. The number of ether oxygens (including phenoxy) is 3. The van der Waals surface area contributed by atoms with Gasteiger partial charge >= 0.3 is 0 Å². The molecule has 18 heavy (non-hydrogen) atoms. The van der Waals surface area contributed by atoms with Crippen LogP contribution in [0.3, 0.4) is 0 Å². The number of hydrogen-bond donors (Lipinski definition) is 1. The van der Waals surface area contributed by atoms with Gasteiger partial charge in [0, 0.05) is 45.5 Å². The smallest absolute Gasteiger partial charge is 0.0617 e. The molecule has 2 atom stereocenters. The van der Waals surface area contributed by atoms with Crippen molar-refractivity contribution >= 4 is 0 Å². The maximum Gasteiger partial charge on any atom is 0.0617 e. The molecule has 1 saturated heterocycles. The number of rotatable bonds is 10. The van der Waals surface area contributed by atoms with Gasteiger partial charge in [-0.25, -0.2) is 0 Å². The van der Waals surface area contributed by atoms with Crippen LogP contribution >= 0.6 is 0 Å². The molecule has 0 spiro atoms. The average molecular weight is 259 g/mol. The topological polar surface area (TPSA) is 39.7 Å². The predicted octanol–water partition coefficient (Wildman–Crippen LogP) is 1.83. The third kappa shape index (κ3) is 4.84. The zero-order chi connectivity index (χ0) is 13.3. The van der Waals surface area contributed by atoms with Crippen molar-refractivity contribution in [1.29, 1.82) is 0 Å². The Hall–Kier alpha value is -0.160. The molecule has 0 aromatic heterocycles. The first-order valence-electron chi connectivity index (χ1n) is 7.14. The Morgan fingerprint density at radius 1 is 1.33 bits per heavy atom. The highest BCUT2D eigenvalue weighted by atomic mass is 16.5. The van der Waals surface area contributed by atoms with Gasteiger partial charge in [0.1, 0.15) is 0 Å². The summed E-state index contributed by atoms with van der Waals surface area (Å²) in [6.45, 7) is 9.67. The molecule has 108 valence electrons. The van der Waals surface area contributed by atoms with Crippen molar-refractivity contribution in [3.05, 3.63) is 0 Å². The zero-order valence-corrected chi connectivity index (χ0v) is 12.2. The monoisotopic (exact) mass is 259 g/mol. The summed E-state index contributed by atoms with van der Waals surface area (Å²) in [5, 5.41) is 3.47. The van der Waals surface area contributed by atoms with Crippen LogP contribution < -0.4 is 5.32 Å². The Balaban J connectivity index is 2.24. The molecule has 1 N–H and O–H groups in total. The highest BCUT2D eigenvalue weighted by molar-refractivity contribution is 4.91. The van der Waals surface area contributed by atoms with Crippen molar-refractivity contribution in [1.82, 2.24) is 5.32 Å². The van der Waals surface area contributed by atoms with Crippen molar-refractivity contribution in [3.63, 3.8) is 0 Å². The van der Waals surface area contributed by atoms with Crippen LogP contribution in [-0.2, 0) is 14.2 Å². The summed E-state index contributed by atoms with van der Waals surface area (Å²) in [5.41, 5.74) is 0.261. The Labute approximate surface area is 111 Å². The maximum absolute atomic E-state index is 5.75. The van der Waals surface area contributed by atoms with Gasteiger partial charge in [-0.1, -0.05) is 6.92 Å². The van der Waals surface area contributed by atoms with E-state index in [0.29, 0.717) is 6.10 Å². The van der Waals surface area contributed by atoms with Crippen LogP contribution in [0.15, 0.2) is 0 Å². The lowest BCUT2D eigenvalue weighted by Gasteiger charge is -2.32. The Bertz CT molecular complexity index is 213. The summed E-state index contributed by atoms with van der Waals surface area (Å²) in [4.78, 5) is 0. The number of nitrogens with one attached hydrogen (secondary N) is 1. The molecule has 4 nitrogen and oxygen atoms in total.